The Morgan fingerprint density at radius 3 is 2.23 bits per heavy atom. The maximum atomic E-state index is 4.40. The first-order valence-corrected chi connectivity index (χ1v) is 5.03. The molecule has 1 aliphatic carbocycles. The maximum absolute atomic E-state index is 4.40. The smallest absolute Gasteiger partial charge is 0.0421 e. The molecule has 1 fully saturated rings. The van der Waals surface area contributed by atoms with Gasteiger partial charge in [0, 0.05) is 31.4 Å². The summed E-state index contributed by atoms with van der Waals surface area (Å²) in [6.07, 6.45) is 4.01. The minimum Gasteiger partial charge on any atom is -0.391 e. The predicted molar refractivity (Wildman–Crippen MR) is 58.1 cm³/mol. The first kappa shape index (κ1) is 10.3. The Morgan fingerprint density at radius 2 is 1.92 bits per heavy atom. The van der Waals surface area contributed by atoms with E-state index in [-0.39, 0.29) is 0 Å². The third-order valence-corrected chi connectivity index (χ3v) is 3.05. The van der Waals surface area contributed by atoms with Gasteiger partial charge in [-0.1, -0.05) is 6.42 Å². The molecule has 0 aromatic heterocycles. The number of hydrogen-bond acceptors (Lipinski definition) is 2. The molecule has 0 heterocycles. The highest BCUT2D eigenvalue weighted by Gasteiger charge is 2.24. The lowest BCUT2D eigenvalue weighted by molar-refractivity contribution is 0.413. The van der Waals surface area contributed by atoms with Crippen LogP contribution in [0, 0.1) is 5.92 Å². The van der Waals surface area contributed by atoms with Crippen molar-refractivity contribution in [3.63, 3.8) is 0 Å². The van der Waals surface area contributed by atoms with Crippen molar-refractivity contribution in [2.24, 2.45) is 10.9 Å². The lowest BCUT2D eigenvalue weighted by atomic mass is 9.79. The summed E-state index contributed by atoms with van der Waals surface area (Å²) in [6.45, 7) is 4.27. The Bertz CT molecular complexity index is 234. The number of allylic oxidation sites excluding steroid dienone is 2. The number of aliphatic imine (C=N–C) groups is 1. The topological polar surface area (TPSA) is 24.4 Å². The molecule has 0 radical (unpaired) electrons. The molecule has 1 rings (SSSR count). The number of nitrogens with zero attached hydrogens (tertiary/aromatic N) is 1. The SMILES string of the molecule is CN=C(/C(C)=C(\C)NC)C1CCC1. The van der Waals surface area contributed by atoms with Crippen LogP contribution in [0.1, 0.15) is 33.1 Å². The highest BCUT2D eigenvalue weighted by Crippen LogP contribution is 2.30. The van der Waals surface area contributed by atoms with Gasteiger partial charge in [0.2, 0.25) is 0 Å². The summed E-state index contributed by atoms with van der Waals surface area (Å²) < 4.78 is 0. The van der Waals surface area contributed by atoms with Crippen LogP contribution >= 0.6 is 0 Å². The standard InChI is InChI=1S/C11H20N2/c1-8(9(2)12-3)11(13-4)10-6-5-7-10/h10,12H,5-7H2,1-4H3/b9-8+,13-11?. The van der Waals surface area contributed by atoms with Gasteiger partial charge in [0.15, 0.2) is 0 Å². The van der Waals surface area contributed by atoms with Crippen LogP contribution < -0.4 is 5.32 Å². The molecule has 0 aromatic rings. The van der Waals surface area contributed by atoms with Gasteiger partial charge in [-0.25, -0.2) is 0 Å². The van der Waals surface area contributed by atoms with Crippen LogP contribution in [-0.4, -0.2) is 19.8 Å². The third kappa shape index (κ3) is 2.11. The van der Waals surface area contributed by atoms with Crippen LogP contribution in [0.25, 0.3) is 0 Å². The van der Waals surface area contributed by atoms with Gasteiger partial charge >= 0.3 is 0 Å². The molecule has 2 heteroatoms. The summed E-state index contributed by atoms with van der Waals surface area (Å²) >= 11 is 0. The molecule has 0 unspecified atom stereocenters. The largest absolute Gasteiger partial charge is 0.391 e. The summed E-state index contributed by atoms with van der Waals surface area (Å²) in [7, 11) is 3.87. The highest BCUT2D eigenvalue weighted by molar-refractivity contribution is 6.02. The fraction of sp³-hybridized carbons (Fsp3) is 0.727. The molecule has 0 atom stereocenters. The van der Waals surface area contributed by atoms with Crippen LogP contribution in [0.3, 0.4) is 0 Å². The predicted octanol–water partition coefficient (Wildman–Crippen LogP) is 2.37. The Balaban J connectivity index is 2.77. The zero-order valence-electron chi connectivity index (χ0n) is 9.15. The molecular formula is C11H20N2. The monoisotopic (exact) mass is 180 g/mol. The van der Waals surface area contributed by atoms with E-state index in [0.717, 1.165) is 5.92 Å². The maximum Gasteiger partial charge on any atom is 0.0421 e. The van der Waals surface area contributed by atoms with E-state index < -0.39 is 0 Å². The van der Waals surface area contributed by atoms with Crippen molar-refractivity contribution in [2.75, 3.05) is 14.1 Å². The third-order valence-electron chi connectivity index (χ3n) is 3.05. The van der Waals surface area contributed by atoms with E-state index in [1.165, 1.54) is 36.2 Å². The second-order valence-electron chi connectivity index (χ2n) is 3.74. The van der Waals surface area contributed by atoms with E-state index in [1.54, 1.807) is 0 Å². The average Bonchev–Trinajstić information content (AvgIpc) is 2.08. The summed E-state index contributed by atoms with van der Waals surface area (Å²) in [6, 6.07) is 0. The Labute approximate surface area is 81.1 Å². The Kier molecular flexibility index (Phi) is 3.52. The first-order valence-electron chi connectivity index (χ1n) is 5.03. The number of nitrogens with one attached hydrogen (secondary N) is 1. The first-order chi connectivity index (χ1) is 6.20. The molecule has 0 aliphatic heterocycles. The van der Waals surface area contributed by atoms with Gasteiger partial charge in [0.05, 0.1) is 0 Å². The van der Waals surface area contributed by atoms with Crippen molar-refractivity contribution in [1.82, 2.24) is 5.32 Å². The second kappa shape index (κ2) is 4.45. The van der Waals surface area contributed by atoms with Crippen LogP contribution in [-0.2, 0) is 0 Å². The molecule has 0 spiro atoms. The molecule has 0 bridgehead atoms. The van der Waals surface area contributed by atoms with Gasteiger partial charge in [-0.2, -0.15) is 0 Å². The molecule has 1 N–H and O–H groups in total. The van der Waals surface area contributed by atoms with Gasteiger partial charge in [-0.15, -0.1) is 0 Å². The van der Waals surface area contributed by atoms with Crippen molar-refractivity contribution in [1.29, 1.82) is 0 Å². The summed E-state index contributed by atoms with van der Waals surface area (Å²) in [5, 5.41) is 3.18. The van der Waals surface area contributed by atoms with Crippen molar-refractivity contribution < 1.29 is 0 Å². The molecule has 13 heavy (non-hydrogen) atoms. The molecular weight excluding hydrogens is 160 g/mol. The zero-order valence-corrected chi connectivity index (χ0v) is 9.15. The minimum absolute atomic E-state index is 0.730. The van der Waals surface area contributed by atoms with Gasteiger partial charge in [0.1, 0.15) is 0 Å². The molecule has 1 aliphatic rings. The molecule has 2 nitrogen and oxygen atoms in total. The van der Waals surface area contributed by atoms with Crippen molar-refractivity contribution in [2.45, 2.75) is 33.1 Å². The van der Waals surface area contributed by atoms with E-state index in [2.05, 4.69) is 24.2 Å². The Morgan fingerprint density at radius 1 is 1.31 bits per heavy atom. The molecule has 0 amide bonds. The lowest BCUT2D eigenvalue weighted by Gasteiger charge is -2.28. The van der Waals surface area contributed by atoms with Crippen LogP contribution in [0.5, 0.6) is 0 Å². The quantitative estimate of drug-likeness (QED) is 0.662. The van der Waals surface area contributed by atoms with Crippen LogP contribution in [0.15, 0.2) is 16.3 Å². The van der Waals surface area contributed by atoms with Gasteiger partial charge in [0.25, 0.3) is 0 Å². The lowest BCUT2D eigenvalue weighted by Crippen LogP contribution is -2.25. The summed E-state index contributed by atoms with van der Waals surface area (Å²) in [5.41, 5.74) is 3.88. The molecule has 0 aromatic carbocycles. The average molecular weight is 180 g/mol. The van der Waals surface area contributed by atoms with E-state index in [9.17, 15) is 0 Å². The van der Waals surface area contributed by atoms with E-state index in [4.69, 9.17) is 0 Å². The molecule has 0 saturated heterocycles. The fourth-order valence-electron chi connectivity index (χ4n) is 1.72. The van der Waals surface area contributed by atoms with Gasteiger partial charge in [-0.05, 0) is 32.3 Å². The Hall–Kier alpha value is -0.790. The summed E-state index contributed by atoms with van der Waals surface area (Å²) in [5.74, 6) is 0.730. The minimum atomic E-state index is 0.730. The normalized spacial score (nSPS) is 20.8. The van der Waals surface area contributed by atoms with E-state index >= 15 is 0 Å². The molecule has 74 valence electrons. The van der Waals surface area contributed by atoms with Crippen molar-refractivity contribution >= 4 is 5.71 Å². The van der Waals surface area contributed by atoms with Crippen molar-refractivity contribution in [3.8, 4) is 0 Å². The second-order valence-corrected chi connectivity index (χ2v) is 3.74. The van der Waals surface area contributed by atoms with Crippen molar-refractivity contribution in [3.05, 3.63) is 11.3 Å². The van der Waals surface area contributed by atoms with Gasteiger partial charge in [-0.3, -0.25) is 4.99 Å². The van der Waals surface area contributed by atoms with E-state index in [1.807, 2.05) is 14.1 Å². The van der Waals surface area contributed by atoms with Crippen LogP contribution in [0.2, 0.25) is 0 Å². The fourth-order valence-corrected chi connectivity index (χ4v) is 1.72. The summed E-state index contributed by atoms with van der Waals surface area (Å²) in [4.78, 5) is 4.40. The number of rotatable bonds is 3. The van der Waals surface area contributed by atoms with E-state index in [0.29, 0.717) is 0 Å². The highest BCUT2D eigenvalue weighted by atomic mass is 14.8. The van der Waals surface area contributed by atoms with Gasteiger partial charge < -0.3 is 5.32 Å². The zero-order chi connectivity index (χ0) is 9.84. The molecule has 1 saturated carbocycles. The van der Waals surface area contributed by atoms with Crippen LogP contribution in [0.4, 0.5) is 0 Å². The number of hydrogen-bond donors (Lipinski definition) is 1.